The lowest BCUT2D eigenvalue weighted by Gasteiger charge is -2.42. The second-order valence-corrected chi connectivity index (χ2v) is 13.1. The normalized spacial score (nSPS) is 23.5. The first kappa shape index (κ1) is 35.5. The Morgan fingerprint density at radius 1 is 0.870 bits per heavy atom. The Kier molecular flexibility index (Phi) is 10.6. The number of hydrogen-bond acceptors (Lipinski definition) is 4. The fourth-order valence-corrected chi connectivity index (χ4v) is 6.10. The zero-order chi connectivity index (χ0) is 34.0. The summed E-state index contributed by atoms with van der Waals surface area (Å²) in [4.78, 5) is 27.5. The molecule has 2 amide bonds. The number of carbonyl (C=O) groups is 2. The summed E-state index contributed by atoms with van der Waals surface area (Å²) in [5.41, 5.74) is -3.15. The number of rotatable bonds is 6. The Labute approximate surface area is 263 Å². The molecule has 0 unspecified atom stereocenters. The third-order valence-corrected chi connectivity index (χ3v) is 8.41. The summed E-state index contributed by atoms with van der Waals surface area (Å²) in [6.45, 7) is 7.13. The molecular weight excluding hydrogens is 621 g/mol. The van der Waals surface area contributed by atoms with Crippen molar-refractivity contribution < 1.29 is 49.8 Å². The average molecular weight is 661 g/mol. The van der Waals surface area contributed by atoms with E-state index >= 15 is 0 Å². The van der Waals surface area contributed by atoms with Crippen LogP contribution in [-0.4, -0.2) is 47.7 Å². The van der Waals surface area contributed by atoms with Gasteiger partial charge in [0.2, 0.25) is 5.91 Å². The van der Waals surface area contributed by atoms with Gasteiger partial charge < -0.3 is 19.7 Å². The molecule has 0 bridgehead atoms. The van der Waals surface area contributed by atoms with E-state index in [1.807, 2.05) is 0 Å². The standard InChI is InChI=1S/C33H39F7N2O4/c1-19(22-15-23(32(35,36)37)17-24(16-22)33(38,39)40)45-28-13-14-42(18-27(28)20-5-9-25(34)10-6-20)29(43)21-7-11-26(12-8-21)41-30(44)46-31(2,3)4/h5-6,9-10,15-17,19,21,26-28H,7-8,11-14,18H2,1-4H3,(H,41,44)/t19-,21?,26?,27-,28+/m1/s1. The van der Waals surface area contributed by atoms with E-state index in [1.165, 1.54) is 31.2 Å². The maximum atomic E-state index is 13.8. The number of hydrogen-bond donors (Lipinski definition) is 1. The number of piperidine rings is 1. The number of alkyl carbamates (subject to hydrolysis) is 1. The molecule has 2 aromatic carbocycles. The highest BCUT2D eigenvalue weighted by atomic mass is 19.4. The maximum absolute atomic E-state index is 13.8. The summed E-state index contributed by atoms with van der Waals surface area (Å²) in [6, 6.07) is 6.82. The summed E-state index contributed by atoms with van der Waals surface area (Å²) in [5.74, 6) is -1.37. The second kappa shape index (κ2) is 13.8. The number of likely N-dealkylation sites (tertiary alicyclic amines) is 1. The van der Waals surface area contributed by atoms with Crippen molar-refractivity contribution in [2.45, 2.75) is 102 Å². The number of benzene rings is 2. The SMILES string of the molecule is C[C@@H](O[C@H]1CCN(C(=O)C2CCC(NC(=O)OC(C)(C)C)CC2)C[C@@H]1c1ccc(F)cc1)c1cc(C(F)(F)F)cc(C(F)(F)F)c1. The summed E-state index contributed by atoms with van der Waals surface area (Å²) in [6.07, 6.45) is -9.80. The Bertz CT molecular complexity index is 1330. The van der Waals surface area contributed by atoms with Crippen LogP contribution in [0.2, 0.25) is 0 Å². The van der Waals surface area contributed by atoms with E-state index in [0.717, 1.165) is 0 Å². The molecule has 254 valence electrons. The van der Waals surface area contributed by atoms with Crippen molar-refractivity contribution in [1.29, 1.82) is 0 Å². The summed E-state index contributed by atoms with van der Waals surface area (Å²) in [5, 5.41) is 2.85. The van der Waals surface area contributed by atoms with Gasteiger partial charge in [0, 0.05) is 31.0 Å². The number of alkyl halides is 6. The second-order valence-electron chi connectivity index (χ2n) is 13.1. The predicted molar refractivity (Wildman–Crippen MR) is 155 cm³/mol. The molecule has 0 aromatic heterocycles. The van der Waals surface area contributed by atoms with Crippen molar-refractivity contribution in [2.75, 3.05) is 13.1 Å². The summed E-state index contributed by atoms with van der Waals surface area (Å²) < 4.78 is 106. The molecule has 2 fully saturated rings. The Hall–Kier alpha value is -3.35. The topological polar surface area (TPSA) is 67.9 Å². The van der Waals surface area contributed by atoms with Crippen LogP contribution in [0.3, 0.4) is 0 Å². The highest BCUT2D eigenvalue weighted by molar-refractivity contribution is 5.79. The van der Waals surface area contributed by atoms with Gasteiger partial charge in [0.25, 0.3) is 0 Å². The number of carbonyl (C=O) groups excluding carboxylic acids is 2. The molecule has 1 aliphatic carbocycles. The molecule has 1 heterocycles. The highest BCUT2D eigenvalue weighted by Crippen LogP contribution is 2.40. The molecule has 1 aliphatic heterocycles. The minimum atomic E-state index is -5.00. The number of halogens is 7. The van der Waals surface area contributed by atoms with Gasteiger partial charge in [-0.2, -0.15) is 26.3 Å². The van der Waals surface area contributed by atoms with Gasteiger partial charge in [-0.3, -0.25) is 4.79 Å². The zero-order valence-corrected chi connectivity index (χ0v) is 26.1. The van der Waals surface area contributed by atoms with E-state index < -0.39 is 59.1 Å². The average Bonchev–Trinajstić information content (AvgIpc) is 2.95. The van der Waals surface area contributed by atoms with E-state index in [1.54, 1.807) is 25.7 Å². The van der Waals surface area contributed by atoms with Gasteiger partial charge in [0.1, 0.15) is 11.4 Å². The molecule has 1 N–H and O–H groups in total. The van der Waals surface area contributed by atoms with Crippen molar-refractivity contribution >= 4 is 12.0 Å². The van der Waals surface area contributed by atoms with E-state index in [-0.39, 0.29) is 49.0 Å². The summed E-state index contributed by atoms with van der Waals surface area (Å²) in [7, 11) is 0. The van der Waals surface area contributed by atoms with Gasteiger partial charge in [0.15, 0.2) is 0 Å². The van der Waals surface area contributed by atoms with Crippen LogP contribution < -0.4 is 5.32 Å². The maximum Gasteiger partial charge on any atom is 0.416 e. The van der Waals surface area contributed by atoms with Gasteiger partial charge in [-0.1, -0.05) is 12.1 Å². The molecule has 0 spiro atoms. The number of ether oxygens (including phenoxy) is 2. The van der Waals surface area contributed by atoms with Gasteiger partial charge in [0.05, 0.1) is 23.3 Å². The van der Waals surface area contributed by atoms with Crippen LogP contribution >= 0.6 is 0 Å². The van der Waals surface area contributed by atoms with Crippen LogP contribution in [0.25, 0.3) is 0 Å². The minimum absolute atomic E-state index is 0.0721. The van der Waals surface area contributed by atoms with Gasteiger partial charge >= 0.3 is 18.4 Å². The van der Waals surface area contributed by atoms with Gasteiger partial charge in [-0.25, -0.2) is 9.18 Å². The van der Waals surface area contributed by atoms with Crippen molar-refractivity contribution in [2.24, 2.45) is 5.92 Å². The molecule has 6 nitrogen and oxygen atoms in total. The molecule has 13 heteroatoms. The molecule has 2 aliphatic rings. The number of nitrogens with one attached hydrogen (secondary N) is 1. The van der Waals surface area contributed by atoms with E-state index in [0.29, 0.717) is 43.4 Å². The Morgan fingerprint density at radius 3 is 1.96 bits per heavy atom. The first-order valence-corrected chi connectivity index (χ1v) is 15.3. The van der Waals surface area contributed by atoms with E-state index in [2.05, 4.69) is 5.32 Å². The van der Waals surface area contributed by atoms with Crippen LogP contribution in [0.4, 0.5) is 35.5 Å². The van der Waals surface area contributed by atoms with Crippen molar-refractivity contribution in [3.63, 3.8) is 0 Å². The third kappa shape index (κ3) is 9.36. The lowest BCUT2D eigenvalue weighted by atomic mass is 9.83. The molecule has 2 aromatic rings. The molecule has 0 radical (unpaired) electrons. The zero-order valence-electron chi connectivity index (χ0n) is 26.1. The largest absolute Gasteiger partial charge is 0.444 e. The fraction of sp³-hybridized carbons (Fsp3) is 0.576. The van der Waals surface area contributed by atoms with Crippen LogP contribution in [0, 0.1) is 11.7 Å². The molecule has 1 saturated heterocycles. The summed E-state index contributed by atoms with van der Waals surface area (Å²) >= 11 is 0. The predicted octanol–water partition coefficient (Wildman–Crippen LogP) is 8.41. The molecule has 4 rings (SSSR count). The highest BCUT2D eigenvalue weighted by Gasteiger charge is 2.40. The monoisotopic (exact) mass is 660 g/mol. The van der Waals surface area contributed by atoms with Crippen LogP contribution in [0.5, 0.6) is 0 Å². The van der Waals surface area contributed by atoms with Crippen LogP contribution in [0.1, 0.15) is 94.1 Å². The Balaban J connectivity index is 1.47. The molecule has 46 heavy (non-hydrogen) atoms. The smallest absolute Gasteiger partial charge is 0.416 e. The fourth-order valence-electron chi connectivity index (χ4n) is 6.10. The van der Waals surface area contributed by atoms with E-state index in [4.69, 9.17) is 9.47 Å². The van der Waals surface area contributed by atoms with Crippen LogP contribution in [0.15, 0.2) is 42.5 Å². The lowest BCUT2D eigenvalue weighted by Crippen LogP contribution is -2.49. The van der Waals surface area contributed by atoms with Crippen molar-refractivity contribution in [3.05, 3.63) is 70.5 Å². The van der Waals surface area contributed by atoms with Gasteiger partial charge in [-0.15, -0.1) is 0 Å². The van der Waals surface area contributed by atoms with Gasteiger partial charge in [-0.05, 0) is 101 Å². The van der Waals surface area contributed by atoms with E-state index in [9.17, 15) is 40.3 Å². The molecule has 3 atom stereocenters. The number of amides is 2. The first-order valence-electron chi connectivity index (χ1n) is 15.3. The van der Waals surface area contributed by atoms with Crippen molar-refractivity contribution in [3.8, 4) is 0 Å². The van der Waals surface area contributed by atoms with Crippen LogP contribution in [-0.2, 0) is 26.6 Å². The Morgan fingerprint density at radius 2 is 1.43 bits per heavy atom. The molecule has 1 saturated carbocycles. The third-order valence-electron chi connectivity index (χ3n) is 8.41. The lowest BCUT2D eigenvalue weighted by molar-refractivity contribution is -0.143. The molecular formula is C33H39F7N2O4. The first-order chi connectivity index (χ1) is 21.3. The number of nitrogens with zero attached hydrogens (tertiary/aromatic N) is 1. The van der Waals surface area contributed by atoms with Crippen molar-refractivity contribution in [1.82, 2.24) is 10.2 Å². The quantitative estimate of drug-likeness (QED) is 0.316. The minimum Gasteiger partial charge on any atom is -0.444 e.